The van der Waals surface area contributed by atoms with Gasteiger partial charge in [0.05, 0.1) is 10.0 Å². The van der Waals surface area contributed by atoms with Crippen LogP contribution in [-0.4, -0.2) is 17.9 Å². The third kappa shape index (κ3) is 3.49. The lowest BCUT2D eigenvalue weighted by Gasteiger charge is -2.17. The Morgan fingerprint density at radius 2 is 1.74 bits per heavy atom. The molecular formula is C15H13Cl2NO. The van der Waals surface area contributed by atoms with Gasteiger partial charge in [-0.15, -0.1) is 0 Å². The van der Waals surface area contributed by atoms with Crippen LogP contribution in [-0.2, 0) is 6.54 Å². The van der Waals surface area contributed by atoms with Gasteiger partial charge >= 0.3 is 0 Å². The molecule has 0 aliphatic heterocycles. The summed E-state index contributed by atoms with van der Waals surface area (Å²) in [6, 6.07) is 14.6. The van der Waals surface area contributed by atoms with Crippen LogP contribution in [0.5, 0.6) is 0 Å². The second kappa shape index (κ2) is 6.09. The van der Waals surface area contributed by atoms with E-state index in [0.717, 1.165) is 5.56 Å². The van der Waals surface area contributed by atoms with E-state index in [1.165, 1.54) is 0 Å². The van der Waals surface area contributed by atoms with Crippen LogP contribution in [0.25, 0.3) is 0 Å². The molecule has 0 bridgehead atoms. The average molecular weight is 294 g/mol. The molecule has 98 valence electrons. The Morgan fingerprint density at radius 1 is 1.05 bits per heavy atom. The van der Waals surface area contributed by atoms with Gasteiger partial charge in [0.25, 0.3) is 5.91 Å². The van der Waals surface area contributed by atoms with E-state index in [1.807, 2.05) is 24.3 Å². The van der Waals surface area contributed by atoms with Crippen LogP contribution in [0.4, 0.5) is 0 Å². The van der Waals surface area contributed by atoms with Gasteiger partial charge in [-0.2, -0.15) is 0 Å². The fraction of sp³-hybridized carbons (Fsp3) is 0.133. The number of halogens is 2. The molecule has 0 aliphatic carbocycles. The molecule has 0 saturated heterocycles. The summed E-state index contributed by atoms with van der Waals surface area (Å²) >= 11 is 11.8. The summed E-state index contributed by atoms with van der Waals surface area (Å²) in [4.78, 5) is 13.8. The number of hydrogen-bond donors (Lipinski definition) is 0. The summed E-state index contributed by atoms with van der Waals surface area (Å²) in [5, 5.41) is 1.02. The maximum Gasteiger partial charge on any atom is 0.253 e. The molecule has 0 aliphatic rings. The highest BCUT2D eigenvalue weighted by molar-refractivity contribution is 6.42. The van der Waals surface area contributed by atoms with Crippen LogP contribution in [0.2, 0.25) is 10.0 Å². The Bertz CT molecular complexity index is 584. The Morgan fingerprint density at radius 3 is 2.37 bits per heavy atom. The second-order valence-electron chi connectivity index (χ2n) is 4.28. The van der Waals surface area contributed by atoms with E-state index in [4.69, 9.17) is 23.2 Å². The van der Waals surface area contributed by atoms with Crippen molar-refractivity contribution in [1.82, 2.24) is 4.90 Å². The van der Waals surface area contributed by atoms with Crippen molar-refractivity contribution in [3.05, 3.63) is 69.7 Å². The molecule has 0 atom stereocenters. The third-order valence-electron chi connectivity index (χ3n) is 2.77. The third-order valence-corrected chi connectivity index (χ3v) is 3.51. The highest BCUT2D eigenvalue weighted by atomic mass is 35.5. The highest BCUT2D eigenvalue weighted by Crippen LogP contribution is 2.23. The molecule has 0 radical (unpaired) electrons. The van der Waals surface area contributed by atoms with Crippen molar-refractivity contribution in [2.24, 2.45) is 0 Å². The smallest absolute Gasteiger partial charge is 0.253 e. The quantitative estimate of drug-likeness (QED) is 0.828. The zero-order chi connectivity index (χ0) is 13.8. The minimum absolute atomic E-state index is 0.0216. The molecule has 2 aromatic carbocycles. The molecule has 0 spiro atoms. The van der Waals surface area contributed by atoms with Crippen molar-refractivity contribution >= 4 is 29.1 Å². The highest BCUT2D eigenvalue weighted by Gasteiger charge is 2.11. The van der Waals surface area contributed by atoms with E-state index in [-0.39, 0.29) is 5.91 Å². The van der Waals surface area contributed by atoms with Gasteiger partial charge in [-0.05, 0) is 29.8 Å². The maximum atomic E-state index is 12.2. The summed E-state index contributed by atoms with van der Waals surface area (Å²) in [6.45, 7) is 0.491. The standard InChI is InChI=1S/C15H13Cl2NO/c1-18(15(19)12-5-3-2-4-6-12)10-11-7-8-13(16)14(17)9-11/h2-9H,10H2,1H3. The number of hydrogen-bond acceptors (Lipinski definition) is 1. The van der Waals surface area contributed by atoms with Crippen molar-refractivity contribution < 1.29 is 4.79 Å². The van der Waals surface area contributed by atoms with E-state index in [1.54, 1.807) is 36.2 Å². The molecule has 0 saturated carbocycles. The Hall–Kier alpha value is -1.51. The van der Waals surface area contributed by atoms with Crippen LogP contribution in [0.15, 0.2) is 48.5 Å². The first-order chi connectivity index (χ1) is 9.08. The molecule has 0 fully saturated rings. The van der Waals surface area contributed by atoms with E-state index in [9.17, 15) is 4.79 Å². The van der Waals surface area contributed by atoms with Crippen LogP contribution in [0, 0.1) is 0 Å². The van der Waals surface area contributed by atoms with Crippen molar-refractivity contribution in [2.75, 3.05) is 7.05 Å². The average Bonchev–Trinajstić information content (AvgIpc) is 2.43. The molecular weight excluding hydrogens is 281 g/mol. The molecule has 2 rings (SSSR count). The monoisotopic (exact) mass is 293 g/mol. The number of benzene rings is 2. The van der Waals surface area contributed by atoms with Crippen molar-refractivity contribution in [3.8, 4) is 0 Å². The van der Waals surface area contributed by atoms with E-state index in [2.05, 4.69) is 0 Å². The Balaban J connectivity index is 2.10. The van der Waals surface area contributed by atoms with Gasteiger partial charge in [-0.25, -0.2) is 0 Å². The summed E-state index contributed by atoms with van der Waals surface area (Å²) in [6.07, 6.45) is 0. The van der Waals surface area contributed by atoms with Crippen molar-refractivity contribution in [3.63, 3.8) is 0 Å². The number of carbonyl (C=O) groups excluding carboxylic acids is 1. The molecule has 1 amide bonds. The predicted molar refractivity (Wildman–Crippen MR) is 78.7 cm³/mol. The second-order valence-corrected chi connectivity index (χ2v) is 5.09. The lowest BCUT2D eigenvalue weighted by atomic mass is 10.1. The molecule has 4 heteroatoms. The fourth-order valence-corrected chi connectivity index (χ4v) is 2.11. The van der Waals surface area contributed by atoms with Crippen LogP contribution >= 0.6 is 23.2 Å². The molecule has 0 N–H and O–H groups in total. The zero-order valence-corrected chi connectivity index (χ0v) is 11.9. The minimum Gasteiger partial charge on any atom is -0.337 e. The van der Waals surface area contributed by atoms with Crippen molar-refractivity contribution in [1.29, 1.82) is 0 Å². The maximum absolute atomic E-state index is 12.2. The van der Waals surface area contributed by atoms with Crippen LogP contribution in [0.3, 0.4) is 0 Å². The lowest BCUT2D eigenvalue weighted by molar-refractivity contribution is 0.0785. The molecule has 2 aromatic rings. The first kappa shape index (κ1) is 13.9. The van der Waals surface area contributed by atoms with Crippen molar-refractivity contribution in [2.45, 2.75) is 6.54 Å². The fourth-order valence-electron chi connectivity index (χ4n) is 1.78. The SMILES string of the molecule is CN(Cc1ccc(Cl)c(Cl)c1)C(=O)c1ccccc1. The van der Waals surface area contributed by atoms with Gasteiger partial charge in [-0.3, -0.25) is 4.79 Å². The topological polar surface area (TPSA) is 20.3 Å². The first-order valence-electron chi connectivity index (χ1n) is 5.82. The summed E-state index contributed by atoms with van der Waals surface area (Å²) in [5.41, 5.74) is 1.62. The number of amides is 1. The first-order valence-corrected chi connectivity index (χ1v) is 6.58. The Kier molecular flexibility index (Phi) is 4.46. The Labute approximate surface area is 122 Å². The van der Waals surface area contributed by atoms with Gasteiger partial charge < -0.3 is 4.90 Å². The number of carbonyl (C=O) groups is 1. The molecule has 0 aromatic heterocycles. The predicted octanol–water partition coefficient (Wildman–Crippen LogP) is 4.27. The summed E-state index contributed by atoms with van der Waals surface area (Å²) in [5.74, 6) is -0.0216. The van der Waals surface area contributed by atoms with E-state index in [0.29, 0.717) is 22.2 Å². The molecule has 0 heterocycles. The van der Waals surface area contributed by atoms with Crippen LogP contribution in [0.1, 0.15) is 15.9 Å². The molecule has 2 nitrogen and oxygen atoms in total. The summed E-state index contributed by atoms with van der Waals surface area (Å²) in [7, 11) is 1.76. The largest absolute Gasteiger partial charge is 0.337 e. The van der Waals surface area contributed by atoms with Gasteiger partial charge in [0.15, 0.2) is 0 Å². The summed E-state index contributed by atoms with van der Waals surface area (Å²) < 4.78 is 0. The minimum atomic E-state index is -0.0216. The molecule has 0 unspecified atom stereocenters. The number of nitrogens with zero attached hydrogens (tertiary/aromatic N) is 1. The van der Waals surface area contributed by atoms with Gasteiger partial charge in [0.2, 0.25) is 0 Å². The van der Waals surface area contributed by atoms with E-state index < -0.39 is 0 Å². The zero-order valence-electron chi connectivity index (χ0n) is 10.4. The van der Waals surface area contributed by atoms with Gasteiger partial charge in [0, 0.05) is 19.2 Å². The molecule has 19 heavy (non-hydrogen) atoms. The van der Waals surface area contributed by atoms with Gasteiger partial charge in [-0.1, -0.05) is 47.5 Å². The van der Waals surface area contributed by atoms with Crippen LogP contribution < -0.4 is 0 Å². The van der Waals surface area contributed by atoms with Gasteiger partial charge in [0.1, 0.15) is 0 Å². The van der Waals surface area contributed by atoms with E-state index >= 15 is 0 Å². The lowest BCUT2D eigenvalue weighted by Crippen LogP contribution is -2.26. The normalized spacial score (nSPS) is 10.3. The number of rotatable bonds is 3.